The quantitative estimate of drug-likeness (QED) is 0.569. The summed E-state index contributed by atoms with van der Waals surface area (Å²) in [6.45, 7) is 3.13. The predicted octanol–water partition coefficient (Wildman–Crippen LogP) is 2.72. The molecule has 27 heavy (non-hydrogen) atoms. The number of para-hydroxylation sites is 1. The van der Waals surface area contributed by atoms with E-state index in [-0.39, 0.29) is 17.4 Å². The number of hydrogen-bond donors (Lipinski definition) is 1. The first-order valence-electron chi connectivity index (χ1n) is 8.20. The van der Waals surface area contributed by atoms with Crippen LogP contribution in [-0.2, 0) is 4.79 Å². The smallest absolute Gasteiger partial charge is 0.368 e. The van der Waals surface area contributed by atoms with Crippen LogP contribution in [-0.4, -0.2) is 21.7 Å². The molecule has 7 nitrogen and oxygen atoms in total. The highest BCUT2D eigenvalue weighted by atomic mass is 16.5. The van der Waals surface area contributed by atoms with Crippen molar-refractivity contribution in [3.05, 3.63) is 82.3 Å². The van der Waals surface area contributed by atoms with Crippen LogP contribution in [0.15, 0.2) is 65.5 Å². The van der Waals surface area contributed by atoms with Crippen molar-refractivity contribution in [3.8, 4) is 11.4 Å². The van der Waals surface area contributed by atoms with Crippen molar-refractivity contribution in [1.82, 2.24) is 9.78 Å². The van der Waals surface area contributed by atoms with Gasteiger partial charge in [-0.1, -0.05) is 18.2 Å². The minimum atomic E-state index is -0.850. The monoisotopic (exact) mass is 363 g/mol. The Labute approximate surface area is 155 Å². The Kier molecular flexibility index (Phi) is 5.12. The highest BCUT2D eigenvalue weighted by Gasteiger charge is 2.17. The molecule has 7 heteroatoms. The average molecular weight is 363 g/mol. The molecule has 0 unspecified atom stereocenters. The molecular weight excluding hydrogens is 346 g/mol. The lowest BCUT2D eigenvalue weighted by Crippen LogP contribution is -2.25. The van der Waals surface area contributed by atoms with Crippen LogP contribution in [0.2, 0.25) is 0 Å². The Hall–Kier alpha value is -3.74. The number of carbonyl (C=O) groups excluding carboxylic acids is 2. The zero-order valence-electron chi connectivity index (χ0n) is 14.8. The molecule has 0 bridgehead atoms. The van der Waals surface area contributed by atoms with E-state index in [1.165, 1.54) is 29.8 Å². The van der Waals surface area contributed by atoms with Crippen molar-refractivity contribution in [2.24, 2.45) is 0 Å². The van der Waals surface area contributed by atoms with Gasteiger partial charge in [0, 0.05) is 24.4 Å². The number of anilines is 1. The topological polar surface area (TPSA) is 90.3 Å². The van der Waals surface area contributed by atoms with E-state index < -0.39 is 11.4 Å². The van der Waals surface area contributed by atoms with Gasteiger partial charge < -0.3 is 10.1 Å². The van der Waals surface area contributed by atoms with Gasteiger partial charge in [-0.2, -0.15) is 5.10 Å². The van der Waals surface area contributed by atoms with Crippen LogP contribution >= 0.6 is 0 Å². The number of nitrogens with zero attached hydrogens (tertiary/aromatic N) is 2. The van der Waals surface area contributed by atoms with Crippen molar-refractivity contribution in [3.63, 3.8) is 0 Å². The van der Waals surface area contributed by atoms with Gasteiger partial charge in [-0.3, -0.25) is 9.59 Å². The highest BCUT2D eigenvalue weighted by molar-refractivity contribution is 5.90. The number of nitrogens with one attached hydrogen (secondary N) is 1. The Balaban J connectivity index is 1.86. The van der Waals surface area contributed by atoms with Gasteiger partial charge in [-0.15, -0.1) is 0 Å². The normalized spacial score (nSPS) is 10.3. The molecule has 0 fully saturated rings. The Bertz CT molecular complexity index is 1040. The molecule has 0 radical (unpaired) electrons. The van der Waals surface area contributed by atoms with E-state index >= 15 is 0 Å². The largest absolute Gasteiger partial charge is 0.422 e. The van der Waals surface area contributed by atoms with Gasteiger partial charge >= 0.3 is 5.97 Å². The number of carbonyl (C=O) groups is 2. The van der Waals surface area contributed by atoms with Gasteiger partial charge in [0.25, 0.3) is 0 Å². The molecule has 3 aromatic rings. The standard InChI is InChI=1S/C20H17N3O4/c1-13-12-18(25)19(22-23(13)16-6-4-3-5-7-16)20(26)27-17-10-8-15(9-11-17)21-14(2)24/h3-12H,1-2H3,(H,21,24). The van der Waals surface area contributed by atoms with Crippen LogP contribution < -0.4 is 15.5 Å². The second-order valence-electron chi connectivity index (χ2n) is 5.84. The lowest BCUT2D eigenvalue weighted by molar-refractivity contribution is -0.114. The Morgan fingerprint density at radius 3 is 2.33 bits per heavy atom. The highest BCUT2D eigenvalue weighted by Crippen LogP contribution is 2.16. The van der Waals surface area contributed by atoms with E-state index in [0.29, 0.717) is 11.4 Å². The molecular formula is C20H17N3O4. The minimum absolute atomic E-state index is 0.204. The van der Waals surface area contributed by atoms with Crippen LogP contribution in [0.5, 0.6) is 5.75 Å². The Morgan fingerprint density at radius 2 is 1.70 bits per heavy atom. The van der Waals surface area contributed by atoms with Crippen molar-refractivity contribution in [1.29, 1.82) is 0 Å². The van der Waals surface area contributed by atoms with Crippen LogP contribution in [0, 0.1) is 6.92 Å². The fraction of sp³-hybridized carbons (Fsp3) is 0.100. The number of amides is 1. The lowest BCUT2D eigenvalue weighted by Gasteiger charge is -2.11. The molecule has 0 atom stereocenters. The van der Waals surface area contributed by atoms with E-state index in [1.807, 2.05) is 30.3 Å². The molecule has 1 heterocycles. The fourth-order valence-electron chi connectivity index (χ4n) is 2.48. The maximum absolute atomic E-state index is 12.4. The number of esters is 1. The summed E-state index contributed by atoms with van der Waals surface area (Å²) >= 11 is 0. The molecule has 0 spiro atoms. The van der Waals surface area contributed by atoms with E-state index in [1.54, 1.807) is 19.1 Å². The number of hydrogen-bond acceptors (Lipinski definition) is 5. The van der Waals surface area contributed by atoms with Crippen molar-refractivity contribution in [2.75, 3.05) is 5.32 Å². The van der Waals surface area contributed by atoms with Gasteiger partial charge in [0.05, 0.1) is 5.69 Å². The van der Waals surface area contributed by atoms with Crippen molar-refractivity contribution >= 4 is 17.6 Å². The van der Waals surface area contributed by atoms with E-state index in [4.69, 9.17) is 4.74 Å². The summed E-state index contributed by atoms with van der Waals surface area (Å²) in [4.78, 5) is 35.7. The zero-order valence-corrected chi connectivity index (χ0v) is 14.8. The van der Waals surface area contributed by atoms with Crippen LogP contribution in [0.3, 0.4) is 0 Å². The molecule has 0 saturated carbocycles. The second kappa shape index (κ2) is 7.65. The van der Waals surface area contributed by atoms with Gasteiger partial charge in [-0.25, -0.2) is 9.48 Å². The van der Waals surface area contributed by atoms with Gasteiger partial charge in [0.1, 0.15) is 5.75 Å². The SMILES string of the molecule is CC(=O)Nc1ccc(OC(=O)c2nn(-c3ccccc3)c(C)cc2=O)cc1. The first-order chi connectivity index (χ1) is 12.9. The number of aromatic nitrogens is 2. The molecule has 3 rings (SSSR count). The summed E-state index contributed by atoms with van der Waals surface area (Å²) in [5, 5.41) is 6.78. The summed E-state index contributed by atoms with van der Waals surface area (Å²) in [7, 11) is 0. The summed E-state index contributed by atoms with van der Waals surface area (Å²) in [5.74, 6) is -0.816. The predicted molar refractivity (Wildman–Crippen MR) is 100 cm³/mol. The molecule has 0 saturated heterocycles. The van der Waals surface area contributed by atoms with Crippen molar-refractivity contribution in [2.45, 2.75) is 13.8 Å². The first-order valence-corrected chi connectivity index (χ1v) is 8.20. The lowest BCUT2D eigenvalue weighted by atomic mass is 10.2. The number of aryl methyl sites for hydroxylation is 1. The number of benzene rings is 2. The van der Waals surface area contributed by atoms with Crippen LogP contribution in [0.4, 0.5) is 5.69 Å². The van der Waals surface area contributed by atoms with Gasteiger partial charge in [0.2, 0.25) is 17.0 Å². The Morgan fingerprint density at radius 1 is 1.04 bits per heavy atom. The maximum Gasteiger partial charge on any atom is 0.368 e. The van der Waals surface area contributed by atoms with Gasteiger partial charge in [0.15, 0.2) is 0 Å². The molecule has 1 amide bonds. The fourth-order valence-corrected chi connectivity index (χ4v) is 2.48. The van der Waals surface area contributed by atoms with Crippen LogP contribution in [0.1, 0.15) is 23.1 Å². The third-order valence-electron chi connectivity index (χ3n) is 3.69. The average Bonchev–Trinajstić information content (AvgIpc) is 2.63. The van der Waals surface area contributed by atoms with Crippen molar-refractivity contribution < 1.29 is 14.3 Å². The molecule has 0 aliphatic carbocycles. The van der Waals surface area contributed by atoms with E-state index in [2.05, 4.69) is 10.4 Å². The molecule has 0 aliphatic rings. The summed E-state index contributed by atoms with van der Waals surface area (Å²) in [6, 6.07) is 16.7. The number of ether oxygens (including phenoxy) is 1. The minimum Gasteiger partial charge on any atom is -0.422 e. The number of rotatable bonds is 4. The molecule has 136 valence electrons. The third-order valence-corrected chi connectivity index (χ3v) is 3.69. The molecule has 0 aliphatic heterocycles. The zero-order chi connectivity index (χ0) is 19.4. The summed E-state index contributed by atoms with van der Waals surface area (Å²) in [5.41, 5.74) is 1.07. The van der Waals surface area contributed by atoms with E-state index in [9.17, 15) is 14.4 Å². The summed E-state index contributed by atoms with van der Waals surface area (Å²) < 4.78 is 6.76. The first kappa shape index (κ1) is 18.1. The molecule has 2 aromatic carbocycles. The summed E-state index contributed by atoms with van der Waals surface area (Å²) in [6.07, 6.45) is 0. The molecule has 1 aromatic heterocycles. The second-order valence-corrected chi connectivity index (χ2v) is 5.84. The molecule has 1 N–H and O–H groups in total. The third kappa shape index (κ3) is 4.27. The van der Waals surface area contributed by atoms with Gasteiger partial charge in [-0.05, 0) is 43.3 Å². The van der Waals surface area contributed by atoms with E-state index in [0.717, 1.165) is 5.69 Å². The maximum atomic E-state index is 12.4. The van der Waals surface area contributed by atoms with Crippen LogP contribution in [0.25, 0.3) is 5.69 Å².